The van der Waals surface area contributed by atoms with E-state index >= 15 is 0 Å². The van der Waals surface area contributed by atoms with Crippen molar-refractivity contribution >= 4 is 5.91 Å². The van der Waals surface area contributed by atoms with Crippen LogP contribution < -0.4 is 5.32 Å². The number of aryl methyl sites for hydroxylation is 1. The number of hydrogen-bond donors (Lipinski definition) is 1. The van der Waals surface area contributed by atoms with Crippen molar-refractivity contribution in [1.82, 2.24) is 15.2 Å². The van der Waals surface area contributed by atoms with Crippen molar-refractivity contribution in [2.45, 2.75) is 63.8 Å². The highest BCUT2D eigenvalue weighted by molar-refractivity contribution is 5.76. The van der Waals surface area contributed by atoms with Gasteiger partial charge in [0.05, 0.1) is 6.04 Å². The highest BCUT2D eigenvalue weighted by atomic mass is 16.1. The first kappa shape index (κ1) is 26.1. The molecule has 1 aromatic heterocycles. The van der Waals surface area contributed by atoms with Crippen molar-refractivity contribution < 1.29 is 4.79 Å². The van der Waals surface area contributed by atoms with E-state index in [2.05, 4.69) is 75.9 Å². The lowest BCUT2D eigenvalue weighted by molar-refractivity contribution is -0.121. The fourth-order valence-corrected chi connectivity index (χ4v) is 5.42. The molecule has 190 valence electrons. The Bertz CT molecular complexity index is 962. The summed E-state index contributed by atoms with van der Waals surface area (Å²) in [6, 6.07) is 26.2. The standard InChI is InChI=1S/C32H41N3O/c36-31(19-18-28-13-11-22-33-26-28)34-23-10-2-1-5-12-27-20-24-35(25-21-27)32(29-14-6-3-7-15-29)30-16-8-4-9-17-30/h3-4,6-9,11,13-17,22,26-27,32H,1-2,5,10,12,18-21,23-25H2,(H,34,36). The summed E-state index contributed by atoms with van der Waals surface area (Å²) in [6.07, 6.45) is 13.7. The molecule has 4 rings (SSSR count). The van der Waals surface area contributed by atoms with Gasteiger partial charge in [-0.05, 0) is 67.4 Å². The van der Waals surface area contributed by atoms with Gasteiger partial charge in [-0.1, -0.05) is 92.4 Å². The Labute approximate surface area is 217 Å². The molecule has 0 atom stereocenters. The largest absolute Gasteiger partial charge is 0.356 e. The van der Waals surface area contributed by atoms with E-state index in [1.54, 1.807) is 6.20 Å². The van der Waals surface area contributed by atoms with Crippen LogP contribution in [0.25, 0.3) is 0 Å². The minimum atomic E-state index is 0.148. The molecule has 1 amide bonds. The summed E-state index contributed by atoms with van der Waals surface area (Å²) in [4.78, 5) is 18.8. The van der Waals surface area contributed by atoms with Crippen molar-refractivity contribution in [2.24, 2.45) is 5.92 Å². The molecule has 0 saturated carbocycles. The highest BCUT2D eigenvalue weighted by Crippen LogP contribution is 2.33. The Balaban J connectivity index is 1.09. The smallest absolute Gasteiger partial charge is 0.220 e. The molecule has 1 fully saturated rings. The van der Waals surface area contributed by atoms with E-state index in [1.165, 1.54) is 62.7 Å². The maximum atomic E-state index is 12.0. The van der Waals surface area contributed by atoms with Crippen molar-refractivity contribution in [3.05, 3.63) is 102 Å². The molecular weight excluding hydrogens is 442 g/mol. The lowest BCUT2D eigenvalue weighted by atomic mass is 9.88. The van der Waals surface area contributed by atoms with E-state index in [0.717, 1.165) is 30.9 Å². The van der Waals surface area contributed by atoms with E-state index in [9.17, 15) is 4.79 Å². The molecule has 0 radical (unpaired) electrons. The van der Waals surface area contributed by atoms with Gasteiger partial charge < -0.3 is 5.32 Å². The Morgan fingerprint density at radius 2 is 1.53 bits per heavy atom. The van der Waals surface area contributed by atoms with Crippen LogP contribution in [-0.2, 0) is 11.2 Å². The van der Waals surface area contributed by atoms with E-state index in [4.69, 9.17) is 0 Å². The molecule has 0 spiro atoms. The van der Waals surface area contributed by atoms with Crippen molar-refractivity contribution in [2.75, 3.05) is 19.6 Å². The van der Waals surface area contributed by atoms with E-state index < -0.39 is 0 Å². The number of aromatic nitrogens is 1. The topological polar surface area (TPSA) is 45.2 Å². The molecule has 0 aliphatic carbocycles. The van der Waals surface area contributed by atoms with Gasteiger partial charge in [0.25, 0.3) is 0 Å². The first-order valence-corrected chi connectivity index (χ1v) is 13.8. The number of pyridine rings is 1. The molecule has 1 N–H and O–H groups in total. The highest BCUT2D eigenvalue weighted by Gasteiger charge is 2.27. The molecule has 0 unspecified atom stereocenters. The quantitative estimate of drug-likeness (QED) is 0.279. The van der Waals surface area contributed by atoms with Crippen LogP contribution in [0.4, 0.5) is 0 Å². The van der Waals surface area contributed by atoms with Gasteiger partial charge in [0.1, 0.15) is 0 Å². The Morgan fingerprint density at radius 1 is 0.861 bits per heavy atom. The lowest BCUT2D eigenvalue weighted by Crippen LogP contribution is -2.37. The fraction of sp³-hybridized carbons (Fsp3) is 0.438. The molecule has 1 aliphatic heterocycles. The van der Waals surface area contributed by atoms with Crippen molar-refractivity contribution in [3.63, 3.8) is 0 Å². The number of hydrogen-bond acceptors (Lipinski definition) is 3. The van der Waals surface area contributed by atoms with Crippen LogP contribution in [0.1, 0.15) is 74.1 Å². The van der Waals surface area contributed by atoms with Crippen LogP contribution in [0.2, 0.25) is 0 Å². The Kier molecular flexibility index (Phi) is 10.5. The van der Waals surface area contributed by atoms with Crippen molar-refractivity contribution in [1.29, 1.82) is 0 Å². The number of nitrogens with one attached hydrogen (secondary N) is 1. The second kappa shape index (κ2) is 14.5. The van der Waals surface area contributed by atoms with Gasteiger partial charge in [0.15, 0.2) is 0 Å². The Hall–Kier alpha value is -2.98. The van der Waals surface area contributed by atoms with Gasteiger partial charge in [-0.25, -0.2) is 0 Å². The van der Waals surface area contributed by atoms with Gasteiger partial charge in [-0.15, -0.1) is 0 Å². The SMILES string of the molecule is O=C(CCc1cccnc1)NCCCCCCC1CCN(C(c2ccccc2)c2ccccc2)CC1. The predicted octanol–water partition coefficient (Wildman–Crippen LogP) is 6.58. The summed E-state index contributed by atoms with van der Waals surface area (Å²) >= 11 is 0. The second-order valence-corrected chi connectivity index (χ2v) is 10.1. The summed E-state index contributed by atoms with van der Waals surface area (Å²) in [5, 5.41) is 3.07. The maximum absolute atomic E-state index is 12.0. The molecule has 4 heteroatoms. The summed E-state index contributed by atoms with van der Waals surface area (Å²) in [5.74, 6) is 0.996. The van der Waals surface area contributed by atoms with E-state index in [-0.39, 0.29) is 5.91 Å². The summed E-state index contributed by atoms with van der Waals surface area (Å²) in [5.41, 5.74) is 3.91. The molecule has 4 nitrogen and oxygen atoms in total. The minimum Gasteiger partial charge on any atom is -0.356 e. The molecular formula is C32H41N3O. The average molecular weight is 484 g/mol. The zero-order chi connectivity index (χ0) is 24.8. The summed E-state index contributed by atoms with van der Waals surface area (Å²) in [6.45, 7) is 3.14. The molecule has 3 aromatic rings. The van der Waals surface area contributed by atoms with Crippen LogP contribution >= 0.6 is 0 Å². The molecule has 1 saturated heterocycles. The van der Waals surface area contributed by atoms with Gasteiger partial charge in [0, 0.05) is 25.4 Å². The number of unbranched alkanes of at least 4 members (excludes halogenated alkanes) is 3. The zero-order valence-corrected chi connectivity index (χ0v) is 21.5. The normalized spacial score (nSPS) is 14.7. The van der Waals surface area contributed by atoms with Crippen LogP contribution in [0.3, 0.4) is 0 Å². The summed E-state index contributed by atoms with van der Waals surface area (Å²) in [7, 11) is 0. The number of amides is 1. The molecule has 36 heavy (non-hydrogen) atoms. The van der Waals surface area contributed by atoms with Crippen LogP contribution in [0.5, 0.6) is 0 Å². The first-order valence-electron chi connectivity index (χ1n) is 13.8. The van der Waals surface area contributed by atoms with Crippen LogP contribution in [-0.4, -0.2) is 35.4 Å². The number of likely N-dealkylation sites (tertiary alicyclic amines) is 1. The maximum Gasteiger partial charge on any atom is 0.220 e. The Morgan fingerprint density at radius 3 is 2.17 bits per heavy atom. The zero-order valence-electron chi connectivity index (χ0n) is 21.5. The van der Waals surface area contributed by atoms with Crippen LogP contribution in [0, 0.1) is 5.92 Å². The third-order valence-electron chi connectivity index (χ3n) is 7.47. The molecule has 2 aromatic carbocycles. The summed E-state index contributed by atoms with van der Waals surface area (Å²) < 4.78 is 0. The second-order valence-electron chi connectivity index (χ2n) is 10.1. The average Bonchev–Trinajstić information content (AvgIpc) is 2.94. The van der Waals surface area contributed by atoms with Crippen molar-refractivity contribution in [3.8, 4) is 0 Å². The number of carbonyl (C=O) groups excluding carboxylic acids is 1. The number of nitrogens with zero attached hydrogens (tertiary/aromatic N) is 2. The third kappa shape index (κ3) is 8.30. The van der Waals surface area contributed by atoms with Gasteiger partial charge in [-0.2, -0.15) is 0 Å². The predicted molar refractivity (Wildman–Crippen MR) is 148 cm³/mol. The monoisotopic (exact) mass is 483 g/mol. The van der Waals surface area contributed by atoms with E-state index in [1.807, 2.05) is 18.3 Å². The molecule has 1 aliphatic rings. The van der Waals surface area contributed by atoms with Crippen LogP contribution in [0.15, 0.2) is 85.2 Å². The number of carbonyl (C=O) groups is 1. The fourth-order valence-electron chi connectivity index (χ4n) is 5.42. The molecule has 2 heterocycles. The number of benzene rings is 2. The molecule has 0 bridgehead atoms. The van der Waals surface area contributed by atoms with E-state index in [0.29, 0.717) is 12.5 Å². The van der Waals surface area contributed by atoms with Gasteiger partial charge in [-0.3, -0.25) is 14.7 Å². The number of rotatable bonds is 13. The number of piperidine rings is 1. The van der Waals surface area contributed by atoms with Gasteiger partial charge >= 0.3 is 0 Å². The van der Waals surface area contributed by atoms with Gasteiger partial charge in [0.2, 0.25) is 5.91 Å². The lowest BCUT2D eigenvalue weighted by Gasteiger charge is -2.38. The third-order valence-corrected chi connectivity index (χ3v) is 7.47. The minimum absolute atomic E-state index is 0.148. The first-order chi connectivity index (χ1) is 17.8.